The maximum Gasteiger partial charge on any atom is 0.326 e. The summed E-state index contributed by atoms with van der Waals surface area (Å²) in [6, 6.07) is 11.6. The highest BCUT2D eigenvalue weighted by Crippen LogP contribution is 2.35. The number of amides is 1. The van der Waals surface area contributed by atoms with Gasteiger partial charge in [0.05, 0.1) is 19.2 Å². The summed E-state index contributed by atoms with van der Waals surface area (Å²) in [6.45, 7) is 6.92. The highest BCUT2D eigenvalue weighted by atomic mass is 16.5. The van der Waals surface area contributed by atoms with Crippen LogP contribution in [0.4, 0.5) is 5.69 Å². The Kier molecular flexibility index (Phi) is 7.29. The molecule has 2 N–H and O–H groups in total. The molecule has 7 nitrogen and oxygen atoms in total. The Hall–Kier alpha value is -3.22. The highest BCUT2D eigenvalue weighted by molar-refractivity contribution is 5.92. The Bertz CT molecular complexity index is 1200. The molecule has 1 heterocycles. The Morgan fingerprint density at radius 2 is 1.91 bits per heavy atom. The average molecular weight is 466 g/mol. The minimum absolute atomic E-state index is 0.0245. The van der Waals surface area contributed by atoms with Gasteiger partial charge >= 0.3 is 5.69 Å². The molecular formula is C27H35N3O4. The number of hydrogen-bond acceptors (Lipinski definition) is 4. The molecule has 1 amide bonds. The fraction of sp³-hybridized carbons (Fsp3) is 0.481. The van der Waals surface area contributed by atoms with Crippen LogP contribution in [0, 0.1) is 18.8 Å². The molecule has 182 valence electrons. The van der Waals surface area contributed by atoms with Gasteiger partial charge in [-0.1, -0.05) is 26.0 Å². The maximum absolute atomic E-state index is 12.9. The lowest BCUT2D eigenvalue weighted by Gasteiger charge is -2.28. The Labute approximate surface area is 200 Å². The first-order valence-corrected chi connectivity index (χ1v) is 12.2. The van der Waals surface area contributed by atoms with Crippen molar-refractivity contribution in [2.24, 2.45) is 11.8 Å². The third-order valence-corrected chi connectivity index (χ3v) is 6.78. The number of benzene rings is 2. The summed E-state index contributed by atoms with van der Waals surface area (Å²) >= 11 is 0. The number of aryl methyl sites for hydroxylation is 1. The number of nitrogens with zero attached hydrogens (tertiary/aromatic N) is 1. The fourth-order valence-corrected chi connectivity index (χ4v) is 4.75. The van der Waals surface area contributed by atoms with Crippen LogP contribution in [0.15, 0.2) is 41.2 Å². The van der Waals surface area contributed by atoms with Crippen LogP contribution in [0.5, 0.6) is 11.5 Å². The van der Waals surface area contributed by atoms with Gasteiger partial charge in [0.2, 0.25) is 5.91 Å². The number of nitrogens with one attached hydrogen (secondary N) is 2. The van der Waals surface area contributed by atoms with Gasteiger partial charge in [-0.05, 0) is 68.7 Å². The second-order valence-corrected chi connectivity index (χ2v) is 9.66. The molecule has 2 aromatic carbocycles. The molecule has 1 aromatic heterocycles. The van der Waals surface area contributed by atoms with E-state index in [0.29, 0.717) is 12.5 Å². The zero-order valence-corrected chi connectivity index (χ0v) is 20.5. The number of aromatic nitrogens is 2. The molecule has 0 radical (unpaired) electrons. The summed E-state index contributed by atoms with van der Waals surface area (Å²) in [5.41, 5.74) is 3.27. The van der Waals surface area contributed by atoms with E-state index in [4.69, 9.17) is 9.47 Å². The lowest BCUT2D eigenvalue weighted by atomic mass is 9.85. The summed E-state index contributed by atoms with van der Waals surface area (Å²) in [4.78, 5) is 28.8. The molecule has 0 atom stereocenters. The summed E-state index contributed by atoms with van der Waals surface area (Å²) in [6.07, 6.45) is 4.00. The lowest BCUT2D eigenvalue weighted by molar-refractivity contribution is -0.121. The van der Waals surface area contributed by atoms with Gasteiger partial charge in [-0.3, -0.25) is 9.36 Å². The van der Waals surface area contributed by atoms with E-state index >= 15 is 0 Å². The predicted octanol–water partition coefficient (Wildman–Crippen LogP) is 5.44. The monoisotopic (exact) mass is 465 g/mol. The van der Waals surface area contributed by atoms with Crippen molar-refractivity contribution in [3.8, 4) is 11.5 Å². The third kappa shape index (κ3) is 5.13. The molecule has 34 heavy (non-hydrogen) atoms. The van der Waals surface area contributed by atoms with Crippen LogP contribution in [-0.2, 0) is 4.79 Å². The van der Waals surface area contributed by atoms with Crippen LogP contribution < -0.4 is 20.5 Å². The van der Waals surface area contributed by atoms with Gasteiger partial charge < -0.3 is 19.8 Å². The second-order valence-electron chi connectivity index (χ2n) is 9.66. The Morgan fingerprint density at radius 1 is 1.15 bits per heavy atom. The van der Waals surface area contributed by atoms with Gasteiger partial charge in [0.1, 0.15) is 17.0 Å². The van der Waals surface area contributed by atoms with Crippen LogP contribution in [0.1, 0.15) is 57.6 Å². The van der Waals surface area contributed by atoms with Crippen LogP contribution >= 0.6 is 0 Å². The first kappa shape index (κ1) is 23.9. The fourth-order valence-electron chi connectivity index (χ4n) is 4.75. The summed E-state index contributed by atoms with van der Waals surface area (Å²) in [5, 5.41) is 3.03. The summed E-state index contributed by atoms with van der Waals surface area (Å²) < 4.78 is 13.2. The first-order valence-electron chi connectivity index (χ1n) is 12.2. The molecule has 0 saturated heterocycles. The quantitative estimate of drug-likeness (QED) is 0.464. The molecule has 0 spiro atoms. The molecule has 3 aromatic rings. The van der Waals surface area contributed by atoms with Gasteiger partial charge in [0.25, 0.3) is 0 Å². The van der Waals surface area contributed by atoms with Crippen molar-refractivity contribution in [1.29, 1.82) is 0 Å². The Morgan fingerprint density at radius 3 is 2.62 bits per heavy atom. The number of H-pyrrole nitrogens is 1. The van der Waals surface area contributed by atoms with Crippen molar-refractivity contribution in [1.82, 2.24) is 9.55 Å². The number of carbonyl (C=O) groups excluding carboxylic acids is 1. The number of hydrogen-bond donors (Lipinski definition) is 2. The number of para-hydroxylation sites is 1. The number of fused-ring (bicyclic) bond motifs is 1. The van der Waals surface area contributed by atoms with Crippen molar-refractivity contribution in [3.05, 3.63) is 52.4 Å². The molecule has 0 unspecified atom stereocenters. The van der Waals surface area contributed by atoms with E-state index in [1.54, 1.807) is 7.11 Å². The van der Waals surface area contributed by atoms with Gasteiger partial charge in [-0.2, -0.15) is 0 Å². The van der Waals surface area contributed by atoms with Gasteiger partial charge in [0.15, 0.2) is 0 Å². The molecule has 0 bridgehead atoms. The SMILES string of the molecule is COc1cc(NC(=O)[C@H]2CC[C@@H](n3c(=O)[nH]c4c(OCCC(C)C)cccc43)CC2)ccc1C. The standard InChI is InChI=1S/C27H35N3O4/c1-17(2)14-15-34-23-7-5-6-22-25(23)29-27(32)30(22)21-12-9-19(10-13-21)26(31)28-20-11-8-18(3)24(16-20)33-4/h5-8,11,16-17,19,21H,9-10,12-15H2,1-4H3,(H,28,31)(H,29,32)/t19-,21+. The average Bonchev–Trinajstić information content (AvgIpc) is 3.16. The minimum atomic E-state index is -0.116. The number of rotatable bonds is 8. The molecule has 0 aliphatic heterocycles. The lowest BCUT2D eigenvalue weighted by Crippen LogP contribution is -2.31. The van der Waals surface area contributed by atoms with Crippen molar-refractivity contribution in [2.45, 2.75) is 58.9 Å². The van der Waals surface area contributed by atoms with E-state index in [9.17, 15) is 9.59 Å². The third-order valence-electron chi connectivity index (χ3n) is 6.78. The van der Waals surface area contributed by atoms with Gasteiger partial charge in [0, 0.05) is 23.7 Å². The minimum Gasteiger partial charge on any atom is -0.496 e. The number of imidazole rings is 1. The van der Waals surface area contributed by atoms with Gasteiger partial charge in [-0.25, -0.2) is 4.79 Å². The normalized spacial score (nSPS) is 18.3. The van der Waals surface area contributed by atoms with Crippen LogP contribution in [-0.4, -0.2) is 29.2 Å². The first-order chi connectivity index (χ1) is 16.4. The molecule has 1 aliphatic rings. The number of methoxy groups -OCH3 is 1. The number of aromatic amines is 1. The van der Waals surface area contributed by atoms with E-state index in [1.807, 2.05) is 47.9 Å². The Balaban J connectivity index is 1.43. The molecule has 1 fully saturated rings. The number of ether oxygens (including phenoxy) is 2. The van der Waals surface area contributed by atoms with Crippen LogP contribution in [0.3, 0.4) is 0 Å². The topological polar surface area (TPSA) is 85.4 Å². The van der Waals surface area contributed by atoms with E-state index in [2.05, 4.69) is 24.1 Å². The zero-order chi connectivity index (χ0) is 24.2. The van der Waals surface area contributed by atoms with Crippen molar-refractivity contribution in [2.75, 3.05) is 19.0 Å². The summed E-state index contributed by atoms with van der Waals surface area (Å²) in [7, 11) is 1.63. The second kappa shape index (κ2) is 10.4. The smallest absolute Gasteiger partial charge is 0.326 e. The number of anilines is 1. The van der Waals surface area contributed by atoms with Crippen molar-refractivity contribution >= 4 is 22.6 Å². The molecular weight excluding hydrogens is 430 g/mol. The summed E-state index contributed by atoms with van der Waals surface area (Å²) in [5.74, 6) is 1.99. The molecule has 7 heteroatoms. The van der Waals surface area contributed by atoms with E-state index in [0.717, 1.165) is 65.9 Å². The van der Waals surface area contributed by atoms with Crippen molar-refractivity contribution < 1.29 is 14.3 Å². The van der Waals surface area contributed by atoms with E-state index < -0.39 is 0 Å². The molecule has 4 rings (SSSR count). The molecule has 1 aliphatic carbocycles. The largest absolute Gasteiger partial charge is 0.496 e. The maximum atomic E-state index is 12.9. The van der Waals surface area contributed by atoms with Crippen LogP contribution in [0.25, 0.3) is 11.0 Å². The number of carbonyl (C=O) groups is 1. The van der Waals surface area contributed by atoms with Gasteiger partial charge in [-0.15, -0.1) is 0 Å². The van der Waals surface area contributed by atoms with E-state index in [1.165, 1.54) is 0 Å². The predicted molar refractivity (Wildman–Crippen MR) is 135 cm³/mol. The molecule has 1 saturated carbocycles. The highest BCUT2D eigenvalue weighted by Gasteiger charge is 2.29. The van der Waals surface area contributed by atoms with E-state index in [-0.39, 0.29) is 23.6 Å². The van der Waals surface area contributed by atoms with Crippen molar-refractivity contribution in [3.63, 3.8) is 0 Å². The van der Waals surface area contributed by atoms with Crippen LogP contribution in [0.2, 0.25) is 0 Å². The zero-order valence-electron chi connectivity index (χ0n) is 20.5.